The average molecular weight is 411 g/mol. The van der Waals surface area contributed by atoms with Crippen LogP contribution in [0.15, 0.2) is 42.5 Å². The van der Waals surface area contributed by atoms with Gasteiger partial charge in [-0.15, -0.1) is 12.4 Å². The van der Waals surface area contributed by atoms with Crippen LogP contribution in [0.5, 0.6) is 0 Å². The number of alkyl halides is 3. The van der Waals surface area contributed by atoms with Crippen LogP contribution in [-0.4, -0.2) is 5.91 Å². The Kier molecular flexibility index (Phi) is 5.62. The van der Waals surface area contributed by atoms with Gasteiger partial charge in [0, 0.05) is 11.6 Å². The number of benzene rings is 2. The normalized spacial score (nSPS) is 23.3. The summed E-state index contributed by atoms with van der Waals surface area (Å²) < 4.78 is 38.7. The summed E-state index contributed by atoms with van der Waals surface area (Å²) in [6.45, 7) is 0. The number of halogens is 4. The molecule has 1 saturated carbocycles. The molecule has 7 heteroatoms. The number of nitrogen functional groups attached to an aromatic ring is 1. The predicted octanol–water partition coefficient (Wildman–Crippen LogP) is 5.01. The Balaban J connectivity index is 0.00000225. The Morgan fingerprint density at radius 1 is 1.14 bits per heavy atom. The fraction of sp³-hybridized carbons (Fsp3) is 0.381. The predicted molar refractivity (Wildman–Crippen MR) is 104 cm³/mol. The van der Waals surface area contributed by atoms with E-state index in [0.29, 0.717) is 17.7 Å². The molecule has 28 heavy (non-hydrogen) atoms. The molecule has 3 N–H and O–H groups in total. The van der Waals surface area contributed by atoms with Crippen molar-refractivity contribution in [3.63, 3.8) is 0 Å². The molecule has 2 aliphatic carbocycles. The summed E-state index contributed by atoms with van der Waals surface area (Å²) in [6, 6.07) is 11.0. The van der Waals surface area contributed by atoms with Gasteiger partial charge in [-0.3, -0.25) is 4.79 Å². The highest BCUT2D eigenvalue weighted by Crippen LogP contribution is 2.49. The highest BCUT2D eigenvalue weighted by atomic mass is 35.5. The lowest BCUT2D eigenvalue weighted by molar-refractivity contribution is -0.137. The lowest BCUT2D eigenvalue weighted by atomic mass is 9.87. The van der Waals surface area contributed by atoms with E-state index < -0.39 is 11.7 Å². The van der Waals surface area contributed by atoms with Gasteiger partial charge in [0.05, 0.1) is 11.6 Å². The molecule has 150 valence electrons. The molecule has 0 radical (unpaired) electrons. The van der Waals surface area contributed by atoms with Crippen molar-refractivity contribution >= 4 is 24.0 Å². The maximum atomic E-state index is 12.9. The molecule has 1 fully saturated rings. The summed E-state index contributed by atoms with van der Waals surface area (Å²) in [7, 11) is 0. The third-order valence-electron chi connectivity index (χ3n) is 5.57. The van der Waals surface area contributed by atoms with E-state index in [0.717, 1.165) is 42.5 Å². The van der Waals surface area contributed by atoms with Crippen molar-refractivity contribution in [3.8, 4) is 0 Å². The van der Waals surface area contributed by atoms with E-state index in [2.05, 4.69) is 5.32 Å². The quantitative estimate of drug-likeness (QED) is 0.699. The van der Waals surface area contributed by atoms with E-state index in [1.807, 2.05) is 18.2 Å². The van der Waals surface area contributed by atoms with Gasteiger partial charge >= 0.3 is 6.18 Å². The standard InChI is InChI=1S/C21H21F3N2O.ClH/c22-21(23,24)14-5-1-3-12(9-14)17-11-18(17)20(27)26-19-6-2-4-13-10-15(25)7-8-16(13)19;/h1,3,5,7-10,17-19H,2,4,6,11,25H2,(H,26,27);1H. The molecular formula is C21H22ClF3N2O. The Morgan fingerprint density at radius 2 is 1.93 bits per heavy atom. The van der Waals surface area contributed by atoms with Crippen molar-refractivity contribution in [2.24, 2.45) is 5.92 Å². The van der Waals surface area contributed by atoms with Crippen LogP contribution in [0.4, 0.5) is 18.9 Å². The minimum absolute atomic E-state index is 0. The molecule has 0 aromatic heterocycles. The highest BCUT2D eigenvalue weighted by molar-refractivity contribution is 5.85. The van der Waals surface area contributed by atoms with Crippen LogP contribution in [0.1, 0.15) is 53.5 Å². The average Bonchev–Trinajstić information content (AvgIpc) is 3.42. The van der Waals surface area contributed by atoms with Crippen LogP contribution in [0, 0.1) is 5.92 Å². The second-order valence-electron chi connectivity index (χ2n) is 7.48. The smallest absolute Gasteiger partial charge is 0.399 e. The Hall–Kier alpha value is -2.21. The Morgan fingerprint density at radius 3 is 2.68 bits per heavy atom. The van der Waals surface area contributed by atoms with Crippen LogP contribution in [0.3, 0.4) is 0 Å². The van der Waals surface area contributed by atoms with E-state index in [1.165, 1.54) is 6.07 Å². The molecule has 0 aliphatic heterocycles. The zero-order valence-corrected chi connectivity index (χ0v) is 15.9. The lowest BCUT2D eigenvalue weighted by Crippen LogP contribution is -2.32. The molecular weight excluding hydrogens is 389 g/mol. The van der Waals surface area contributed by atoms with Crippen molar-refractivity contribution in [2.75, 3.05) is 5.73 Å². The van der Waals surface area contributed by atoms with E-state index in [9.17, 15) is 18.0 Å². The van der Waals surface area contributed by atoms with Crippen LogP contribution in [0.2, 0.25) is 0 Å². The maximum Gasteiger partial charge on any atom is 0.416 e. The topological polar surface area (TPSA) is 55.1 Å². The number of rotatable bonds is 3. The minimum atomic E-state index is -4.36. The molecule has 0 heterocycles. The molecule has 2 aliphatic rings. The van der Waals surface area contributed by atoms with Crippen molar-refractivity contribution in [2.45, 2.75) is 43.8 Å². The van der Waals surface area contributed by atoms with Crippen LogP contribution < -0.4 is 11.1 Å². The number of aryl methyl sites for hydroxylation is 1. The number of hydrogen-bond acceptors (Lipinski definition) is 2. The molecule has 2 aromatic carbocycles. The van der Waals surface area contributed by atoms with Gasteiger partial charge in [-0.25, -0.2) is 0 Å². The van der Waals surface area contributed by atoms with Gasteiger partial charge in [0.1, 0.15) is 0 Å². The van der Waals surface area contributed by atoms with Crippen molar-refractivity contribution in [1.29, 1.82) is 0 Å². The maximum absolute atomic E-state index is 12.9. The number of anilines is 1. The number of fused-ring (bicyclic) bond motifs is 1. The number of carbonyl (C=O) groups excluding carboxylic acids is 1. The first-order valence-electron chi connectivity index (χ1n) is 9.19. The van der Waals surface area contributed by atoms with Crippen molar-refractivity contribution in [1.82, 2.24) is 5.32 Å². The SMILES string of the molecule is Cl.Nc1ccc2c(c1)CCCC2NC(=O)C1CC1c1cccc(C(F)(F)F)c1. The minimum Gasteiger partial charge on any atom is -0.399 e. The summed E-state index contributed by atoms with van der Waals surface area (Å²) >= 11 is 0. The molecule has 3 nitrogen and oxygen atoms in total. The number of nitrogens with one attached hydrogen (secondary N) is 1. The molecule has 3 atom stereocenters. The van der Waals surface area contributed by atoms with Crippen molar-refractivity contribution in [3.05, 3.63) is 64.7 Å². The molecule has 2 aromatic rings. The monoisotopic (exact) mass is 410 g/mol. The third kappa shape index (κ3) is 4.12. The first-order valence-corrected chi connectivity index (χ1v) is 9.19. The number of nitrogens with two attached hydrogens (primary N) is 1. The molecule has 3 unspecified atom stereocenters. The van der Waals surface area contributed by atoms with Gasteiger partial charge in [0.15, 0.2) is 0 Å². The Bertz CT molecular complexity index is 884. The highest BCUT2D eigenvalue weighted by Gasteiger charge is 2.45. The third-order valence-corrected chi connectivity index (χ3v) is 5.57. The van der Waals surface area contributed by atoms with Gasteiger partial charge in [-0.05, 0) is 66.5 Å². The molecule has 4 rings (SSSR count). The summed E-state index contributed by atoms with van der Waals surface area (Å²) in [5.74, 6) is -0.471. The van der Waals surface area contributed by atoms with E-state index >= 15 is 0 Å². The Labute approximate surface area is 167 Å². The summed E-state index contributed by atoms with van der Waals surface area (Å²) in [4.78, 5) is 12.7. The summed E-state index contributed by atoms with van der Waals surface area (Å²) in [6.07, 6.45) is -0.986. The van der Waals surface area contributed by atoms with E-state index in [-0.39, 0.29) is 36.2 Å². The van der Waals surface area contributed by atoms with E-state index in [1.54, 1.807) is 6.07 Å². The second kappa shape index (κ2) is 7.66. The van der Waals surface area contributed by atoms with Crippen LogP contribution >= 0.6 is 12.4 Å². The van der Waals surface area contributed by atoms with Gasteiger partial charge in [-0.1, -0.05) is 24.3 Å². The molecule has 1 amide bonds. The fourth-order valence-electron chi connectivity index (χ4n) is 4.06. The zero-order valence-electron chi connectivity index (χ0n) is 15.1. The van der Waals surface area contributed by atoms with Gasteiger partial charge in [0.2, 0.25) is 5.91 Å². The first kappa shape index (κ1) is 20.5. The van der Waals surface area contributed by atoms with E-state index in [4.69, 9.17) is 5.73 Å². The van der Waals surface area contributed by atoms with Crippen LogP contribution in [0.25, 0.3) is 0 Å². The molecule has 0 spiro atoms. The second-order valence-corrected chi connectivity index (χ2v) is 7.48. The molecule has 0 saturated heterocycles. The summed E-state index contributed by atoms with van der Waals surface area (Å²) in [5.41, 5.74) is 8.74. The summed E-state index contributed by atoms with van der Waals surface area (Å²) in [5, 5.41) is 3.10. The largest absolute Gasteiger partial charge is 0.416 e. The van der Waals surface area contributed by atoms with Gasteiger partial charge in [-0.2, -0.15) is 13.2 Å². The van der Waals surface area contributed by atoms with Crippen molar-refractivity contribution < 1.29 is 18.0 Å². The fourth-order valence-corrected chi connectivity index (χ4v) is 4.06. The molecule has 0 bridgehead atoms. The zero-order chi connectivity index (χ0) is 19.2. The van der Waals surface area contributed by atoms with Gasteiger partial charge in [0.25, 0.3) is 0 Å². The van der Waals surface area contributed by atoms with Crippen LogP contribution in [-0.2, 0) is 17.4 Å². The lowest BCUT2D eigenvalue weighted by Gasteiger charge is -2.26. The number of amides is 1. The number of hydrogen-bond donors (Lipinski definition) is 2. The van der Waals surface area contributed by atoms with Gasteiger partial charge < -0.3 is 11.1 Å². The number of carbonyl (C=O) groups is 1. The first-order chi connectivity index (χ1) is 12.8.